The van der Waals surface area contributed by atoms with Crippen LogP contribution in [0.4, 0.5) is 8.78 Å². The fraction of sp³-hybridized carbons (Fsp3) is 0.417. The molecule has 0 spiro atoms. The highest BCUT2D eigenvalue weighted by Crippen LogP contribution is 2.11. The van der Waals surface area contributed by atoms with Gasteiger partial charge in [-0.05, 0) is 12.5 Å². The van der Waals surface area contributed by atoms with Crippen LogP contribution in [0.5, 0.6) is 0 Å². The van der Waals surface area contributed by atoms with Crippen molar-refractivity contribution in [3.63, 3.8) is 0 Å². The van der Waals surface area contributed by atoms with Crippen LogP contribution in [0.3, 0.4) is 0 Å². The van der Waals surface area contributed by atoms with Crippen molar-refractivity contribution in [1.29, 1.82) is 0 Å². The van der Waals surface area contributed by atoms with Gasteiger partial charge in [0.15, 0.2) is 11.6 Å². The summed E-state index contributed by atoms with van der Waals surface area (Å²) in [5.74, 6) is -2.28. The highest BCUT2D eigenvalue weighted by Gasteiger charge is 2.12. The first-order valence-corrected chi connectivity index (χ1v) is 5.82. The van der Waals surface area contributed by atoms with Gasteiger partial charge in [-0.2, -0.15) is 0 Å². The Bertz CT molecular complexity index is 398. The fourth-order valence-electron chi connectivity index (χ4n) is 1.29. The molecule has 0 aliphatic rings. The van der Waals surface area contributed by atoms with Crippen LogP contribution in [0.1, 0.15) is 18.9 Å². The van der Waals surface area contributed by atoms with Crippen molar-refractivity contribution in [1.82, 2.24) is 5.32 Å². The van der Waals surface area contributed by atoms with E-state index in [2.05, 4.69) is 5.32 Å². The molecular formula is C12H14ClF2NO. The zero-order chi connectivity index (χ0) is 12.8. The van der Waals surface area contributed by atoms with E-state index in [-0.39, 0.29) is 23.3 Å². The molecule has 2 nitrogen and oxygen atoms in total. The van der Waals surface area contributed by atoms with Crippen molar-refractivity contribution in [2.45, 2.75) is 25.1 Å². The number of benzene rings is 1. The summed E-state index contributed by atoms with van der Waals surface area (Å²) in [5.41, 5.74) is 0.0464. The largest absolute Gasteiger partial charge is 0.354 e. The molecule has 5 heteroatoms. The minimum atomic E-state index is -0.972. The second-order valence-corrected chi connectivity index (χ2v) is 4.32. The number of alkyl halides is 1. The third-order valence-corrected chi connectivity index (χ3v) is 2.81. The van der Waals surface area contributed by atoms with Crippen molar-refractivity contribution < 1.29 is 13.6 Å². The van der Waals surface area contributed by atoms with E-state index < -0.39 is 11.6 Å². The summed E-state index contributed by atoms with van der Waals surface area (Å²) in [5, 5.41) is 2.43. The zero-order valence-corrected chi connectivity index (χ0v) is 10.2. The standard InChI is InChI=1S/C12H14ClF2NO/c1-2-9(13)7-16-11(17)6-8-4-3-5-10(14)12(8)15/h3-5,9H,2,6-7H2,1H3,(H,16,17). The van der Waals surface area contributed by atoms with E-state index in [0.29, 0.717) is 6.54 Å². The van der Waals surface area contributed by atoms with Crippen molar-refractivity contribution in [3.05, 3.63) is 35.4 Å². The maximum absolute atomic E-state index is 13.2. The van der Waals surface area contributed by atoms with Crippen LogP contribution in [0.2, 0.25) is 0 Å². The van der Waals surface area contributed by atoms with Gasteiger partial charge < -0.3 is 5.32 Å². The van der Waals surface area contributed by atoms with Crippen LogP contribution in [0, 0.1) is 11.6 Å². The molecule has 1 atom stereocenters. The maximum atomic E-state index is 13.2. The van der Waals surface area contributed by atoms with Gasteiger partial charge in [0.05, 0.1) is 11.8 Å². The fourth-order valence-corrected chi connectivity index (χ4v) is 1.37. The molecule has 0 fully saturated rings. The Kier molecular flexibility index (Phi) is 5.35. The average Bonchev–Trinajstić information content (AvgIpc) is 2.32. The molecule has 0 radical (unpaired) electrons. The minimum Gasteiger partial charge on any atom is -0.354 e. The van der Waals surface area contributed by atoms with Gasteiger partial charge in [0.1, 0.15) is 0 Å². The van der Waals surface area contributed by atoms with Crippen molar-refractivity contribution >= 4 is 17.5 Å². The van der Waals surface area contributed by atoms with Gasteiger partial charge in [-0.15, -0.1) is 11.6 Å². The quantitative estimate of drug-likeness (QED) is 0.811. The lowest BCUT2D eigenvalue weighted by molar-refractivity contribution is -0.120. The number of hydrogen-bond donors (Lipinski definition) is 1. The molecule has 1 amide bonds. The van der Waals surface area contributed by atoms with Gasteiger partial charge in [-0.3, -0.25) is 4.79 Å². The number of hydrogen-bond acceptors (Lipinski definition) is 1. The highest BCUT2D eigenvalue weighted by atomic mass is 35.5. The molecule has 17 heavy (non-hydrogen) atoms. The van der Waals surface area contributed by atoms with Crippen LogP contribution in [-0.2, 0) is 11.2 Å². The molecular weight excluding hydrogens is 248 g/mol. The van der Waals surface area contributed by atoms with E-state index in [1.165, 1.54) is 12.1 Å². The van der Waals surface area contributed by atoms with E-state index in [0.717, 1.165) is 12.5 Å². The van der Waals surface area contributed by atoms with E-state index in [1.54, 1.807) is 0 Å². The third kappa shape index (κ3) is 4.30. The monoisotopic (exact) mass is 261 g/mol. The van der Waals surface area contributed by atoms with Crippen molar-refractivity contribution in [2.75, 3.05) is 6.54 Å². The minimum absolute atomic E-state index is 0.0464. The van der Waals surface area contributed by atoms with Gasteiger partial charge in [-0.1, -0.05) is 19.1 Å². The smallest absolute Gasteiger partial charge is 0.224 e. The van der Waals surface area contributed by atoms with Gasteiger partial charge >= 0.3 is 0 Å². The predicted octanol–water partition coefficient (Wildman–Crippen LogP) is 2.64. The molecule has 1 aromatic carbocycles. The van der Waals surface area contributed by atoms with Crippen LogP contribution < -0.4 is 5.32 Å². The molecule has 1 N–H and O–H groups in total. The molecule has 0 saturated heterocycles. The lowest BCUT2D eigenvalue weighted by Gasteiger charge is -2.09. The third-order valence-electron chi connectivity index (χ3n) is 2.35. The first-order chi connectivity index (χ1) is 8.04. The Balaban J connectivity index is 2.54. The lowest BCUT2D eigenvalue weighted by Crippen LogP contribution is -2.30. The molecule has 1 aromatic rings. The van der Waals surface area contributed by atoms with Crippen LogP contribution in [0.15, 0.2) is 18.2 Å². The number of halogens is 3. The summed E-state index contributed by atoms with van der Waals surface area (Å²) in [4.78, 5) is 11.4. The summed E-state index contributed by atoms with van der Waals surface area (Å²) < 4.78 is 26.1. The van der Waals surface area contributed by atoms with Crippen LogP contribution in [0.25, 0.3) is 0 Å². The number of amides is 1. The lowest BCUT2D eigenvalue weighted by atomic mass is 10.1. The van der Waals surface area contributed by atoms with E-state index in [9.17, 15) is 13.6 Å². The van der Waals surface area contributed by atoms with Gasteiger partial charge in [0.2, 0.25) is 5.91 Å². The molecule has 0 heterocycles. The first kappa shape index (κ1) is 13.9. The Morgan fingerprint density at radius 1 is 1.47 bits per heavy atom. The summed E-state index contributed by atoms with van der Waals surface area (Å²) in [7, 11) is 0. The molecule has 0 aliphatic carbocycles. The van der Waals surface area contributed by atoms with Crippen LogP contribution in [-0.4, -0.2) is 17.8 Å². The second kappa shape index (κ2) is 6.55. The second-order valence-electron chi connectivity index (χ2n) is 3.70. The summed E-state index contributed by atoms with van der Waals surface area (Å²) in [6.45, 7) is 2.23. The Hall–Kier alpha value is -1.16. The van der Waals surface area contributed by atoms with Gasteiger partial charge in [-0.25, -0.2) is 8.78 Å². The molecule has 0 saturated carbocycles. The SMILES string of the molecule is CCC(Cl)CNC(=O)Cc1cccc(F)c1F. The zero-order valence-electron chi connectivity index (χ0n) is 9.47. The van der Waals surface area contributed by atoms with Crippen molar-refractivity contribution in [3.8, 4) is 0 Å². The molecule has 0 aromatic heterocycles. The number of rotatable bonds is 5. The van der Waals surface area contributed by atoms with Crippen molar-refractivity contribution in [2.24, 2.45) is 0 Å². The molecule has 0 aliphatic heterocycles. The Morgan fingerprint density at radius 2 is 2.18 bits per heavy atom. The molecule has 1 rings (SSSR count). The normalized spacial score (nSPS) is 12.2. The van der Waals surface area contributed by atoms with Gasteiger partial charge in [0.25, 0.3) is 0 Å². The topological polar surface area (TPSA) is 29.1 Å². The summed E-state index contributed by atoms with van der Waals surface area (Å²) in [6.07, 6.45) is 0.549. The highest BCUT2D eigenvalue weighted by molar-refractivity contribution is 6.20. The van der Waals surface area contributed by atoms with E-state index in [1.807, 2.05) is 6.92 Å². The van der Waals surface area contributed by atoms with Crippen LogP contribution >= 0.6 is 11.6 Å². The van der Waals surface area contributed by atoms with E-state index in [4.69, 9.17) is 11.6 Å². The predicted molar refractivity (Wildman–Crippen MR) is 63.0 cm³/mol. The number of nitrogens with one attached hydrogen (secondary N) is 1. The van der Waals surface area contributed by atoms with Gasteiger partial charge in [0, 0.05) is 12.1 Å². The number of carbonyl (C=O) groups is 1. The molecule has 94 valence electrons. The molecule has 1 unspecified atom stereocenters. The Labute approximate surface area is 104 Å². The average molecular weight is 262 g/mol. The summed E-state index contributed by atoms with van der Waals surface area (Å²) in [6, 6.07) is 3.77. The van der Waals surface area contributed by atoms with E-state index >= 15 is 0 Å². The summed E-state index contributed by atoms with van der Waals surface area (Å²) >= 11 is 5.82. The number of carbonyl (C=O) groups excluding carboxylic acids is 1. The first-order valence-electron chi connectivity index (χ1n) is 5.38. The molecule has 0 bridgehead atoms. The Morgan fingerprint density at radius 3 is 2.82 bits per heavy atom. The maximum Gasteiger partial charge on any atom is 0.224 e.